The number of carbonyl (C=O) groups excluding carboxylic acids is 1. The molecule has 31 heavy (non-hydrogen) atoms. The molecule has 0 spiro atoms. The monoisotopic (exact) mass is 441 g/mol. The van der Waals surface area contributed by atoms with Gasteiger partial charge in [0.25, 0.3) is 6.43 Å². The Kier molecular flexibility index (Phi) is 6.56. The Bertz CT molecular complexity index is 1010. The minimum atomic E-state index is -3.03. The van der Waals surface area contributed by atoms with E-state index < -0.39 is 30.2 Å². The number of alkyl halides is 4. The zero-order chi connectivity index (χ0) is 22.8. The highest BCUT2D eigenvalue weighted by molar-refractivity contribution is 5.97. The summed E-state index contributed by atoms with van der Waals surface area (Å²) in [7, 11) is 0. The van der Waals surface area contributed by atoms with E-state index in [1.165, 1.54) is 25.1 Å². The molecule has 2 heterocycles. The fourth-order valence-electron chi connectivity index (χ4n) is 3.67. The summed E-state index contributed by atoms with van der Waals surface area (Å²) in [5.41, 5.74) is 3.84. The minimum absolute atomic E-state index is 0.0102. The average Bonchev–Trinajstić information content (AvgIpc) is 2.68. The van der Waals surface area contributed by atoms with Crippen LogP contribution in [0.25, 0.3) is 0 Å². The summed E-state index contributed by atoms with van der Waals surface area (Å²) in [5.74, 6) is -1.52. The fraction of sp³-hybridized carbons (Fsp3) is 0.381. The quantitative estimate of drug-likeness (QED) is 0.505. The molecular formula is C21H20F5N3O2. The van der Waals surface area contributed by atoms with Crippen molar-refractivity contribution in [3.05, 3.63) is 58.7 Å². The smallest absolute Gasteiger partial charge is 0.387 e. The van der Waals surface area contributed by atoms with Gasteiger partial charge in [0.1, 0.15) is 17.3 Å². The summed E-state index contributed by atoms with van der Waals surface area (Å²) in [6.45, 7) is -1.53. The van der Waals surface area contributed by atoms with Crippen molar-refractivity contribution in [3.63, 3.8) is 0 Å². The third kappa shape index (κ3) is 4.83. The van der Waals surface area contributed by atoms with Crippen molar-refractivity contribution in [2.24, 2.45) is 10.7 Å². The predicted molar refractivity (Wildman–Crippen MR) is 103 cm³/mol. The summed E-state index contributed by atoms with van der Waals surface area (Å²) in [6.07, 6.45) is -1.64. The maximum absolute atomic E-state index is 14.5. The van der Waals surface area contributed by atoms with Gasteiger partial charge in [-0.3, -0.25) is 9.79 Å². The maximum atomic E-state index is 14.5. The molecule has 10 heteroatoms. The SMILES string of the molecule is Cc1cc(OC(F)F)cnc1C(=O)Cc1ccc(F)c([C@]2(C(F)F)CCCC(N)=N2)c1. The lowest BCUT2D eigenvalue weighted by Crippen LogP contribution is -2.39. The lowest BCUT2D eigenvalue weighted by atomic mass is 9.82. The number of rotatable bonds is 7. The Labute approximate surface area is 175 Å². The zero-order valence-electron chi connectivity index (χ0n) is 16.5. The zero-order valence-corrected chi connectivity index (χ0v) is 16.5. The van der Waals surface area contributed by atoms with Crippen molar-refractivity contribution in [2.75, 3.05) is 0 Å². The molecule has 1 aromatic carbocycles. The van der Waals surface area contributed by atoms with Crippen LogP contribution in [0.3, 0.4) is 0 Å². The second-order valence-electron chi connectivity index (χ2n) is 7.31. The number of aryl methyl sites for hydroxylation is 1. The molecular weight excluding hydrogens is 421 g/mol. The number of hydrogen-bond donors (Lipinski definition) is 1. The van der Waals surface area contributed by atoms with E-state index in [1.54, 1.807) is 0 Å². The summed E-state index contributed by atoms with van der Waals surface area (Å²) in [6, 6.07) is 4.77. The highest BCUT2D eigenvalue weighted by Gasteiger charge is 2.45. The standard InChI is InChI=1S/C21H20F5N3O2/c1-11-7-13(31-20(25)26)10-28-18(11)16(30)9-12-4-5-15(22)14(8-12)21(19(23)24)6-2-3-17(27)29-21/h4-5,7-8,10,19-20H,2-3,6,9H2,1H3,(H2,27,29)/t21-/m0/s1. The summed E-state index contributed by atoms with van der Waals surface area (Å²) in [5, 5.41) is 0. The third-order valence-electron chi connectivity index (χ3n) is 5.10. The number of nitrogens with two attached hydrogens (primary N) is 1. The molecule has 2 N–H and O–H groups in total. The number of halogens is 5. The highest BCUT2D eigenvalue weighted by Crippen LogP contribution is 2.41. The van der Waals surface area contributed by atoms with Crippen molar-refractivity contribution in [1.29, 1.82) is 0 Å². The van der Waals surface area contributed by atoms with Crippen LogP contribution in [-0.2, 0) is 12.0 Å². The summed E-state index contributed by atoms with van der Waals surface area (Å²) in [4.78, 5) is 20.4. The van der Waals surface area contributed by atoms with Gasteiger partial charge in [0.05, 0.1) is 12.0 Å². The van der Waals surface area contributed by atoms with E-state index >= 15 is 0 Å². The van der Waals surface area contributed by atoms with E-state index in [9.17, 15) is 26.7 Å². The van der Waals surface area contributed by atoms with E-state index in [2.05, 4.69) is 14.7 Å². The minimum Gasteiger partial charge on any atom is -0.433 e. The molecule has 0 unspecified atom stereocenters. The number of aliphatic imine (C=N–C) groups is 1. The molecule has 1 aliphatic rings. The number of amidine groups is 1. The van der Waals surface area contributed by atoms with Crippen LogP contribution in [0.2, 0.25) is 0 Å². The fourth-order valence-corrected chi connectivity index (χ4v) is 3.67. The van der Waals surface area contributed by atoms with Crippen LogP contribution in [0.15, 0.2) is 35.5 Å². The molecule has 0 bridgehead atoms. The molecule has 0 fully saturated rings. The molecule has 0 radical (unpaired) electrons. The molecule has 1 atom stereocenters. The maximum Gasteiger partial charge on any atom is 0.387 e. The molecule has 0 amide bonds. The predicted octanol–water partition coefficient (Wildman–Crippen LogP) is 4.56. The van der Waals surface area contributed by atoms with Crippen LogP contribution in [0, 0.1) is 12.7 Å². The molecule has 3 rings (SSSR count). The van der Waals surface area contributed by atoms with Gasteiger partial charge in [-0.25, -0.2) is 18.2 Å². The normalized spacial score (nSPS) is 18.9. The van der Waals surface area contributed by atoms with E-state index in [-0.39, 0.29) is 41.2 Å². The van der Waals surface area contributed by atoms with Crippen molar-refractivity contribution < 1.29 is 31.5 Å². The van der Waals surface area contributed by atoms with Gasteiger partial charge < -0.3 is 10.5 Å². The second kappa shape index (κ2) is 8.99. The van der Waals surface area contributed by atoms with Crippen LogP contribution in [0.1, 0.15) is 46.4 Å². The molecule has 0 aliphatic carbocycles. The van der Waals surface area contributed by atoms with E-state index in [0.717, 1.165) is 12.3 Å². The van der Waals surface area contributed by atoms with Crippen molar-refractivity contribution >= 4 is 11.6 Å². The highest BCUT2D eigenvalue weighted by atomic mass is 19.3. The number of Topliss-reactive ketones (excluding diaryl/α,β-unsaturated/α-hetero) is 1. The second-order valence-corrected chi connectivity index (χ2v) is 7.31. The van der Waals surface area contributed by atoms with Gasteiger partial charge in [-0.05, 0) is 49.1 Å². The molecule has 166 valence electrons. The van der Waals surface area contributed by atoms with Gasteiger partial charge in [0, 0.05) is 18.4 Å². The number of ketones is 1. The molecule has 0 saturated heterocycles. The Hall–Kier alpha value is -3.04. The van der Waals surface area contributed by atoms with Crippen LogP contribution < -0.4 is 10.5 Å². The molecule has 5 nitrogen and oxygen atoms in total. The molecule has 0 saturated carbocycles. The first-order valence-corrected chi connectivity index (χ1v) is 9.48. The third-order valence-corrected chi connectivity index (χ3v) is 5.10. The first-order valence-electron chi connectivity index (χ1n) is 9.48. The lowest BCUT2D eigenvalue weighted by Gasteiger charge is -2.33. The first-order chi connectivity index (χ1) is 14.6. The van der Waals surface area contributed by atoms with Gasteiger partial charge in [0.15, 0.2) is 11.3 Å². The van der Waals surface area contributed by atoms with Crippen LogP contribution >= 0.6 is 0 Å². The summed E-state index contributed by atoms with van der Waals surface area (Å²) >= 11 is 0. The number of carbonyl (C=O) groups is 1. The Balaban J connectivity index is 1.90. The number of ether oxygens (including phenoxy) is 1. The van der Waals surface area contributed by atoms with Crippen LogP contribution in [-0.4, -0.2) is 29.6 Å². The first kappa shape index (κ1) is 22.6. The van der Waals surface area contributed by atoms with Gasteiger partial charge in [-0.15, -0.1) is 0 Å². The van der Waals surface area contributed by atoms with Gasteiger partial charge in [0.2, 0.25) is 0 Å². The number of nitrogens with zero attached hydrogens (tertiary/aromatic N) is 2. The topological polar surface area (TPSA) is 77.6 Å². The molecule has 2 aromatic rings. The average molecular weight is 441 g/mol. The molecule has 1 aliphatic heterocycles. The van der Waals surface area contributed by atoms with Gasteiger partial charge >= 0.3 is 6.61 Å². The van der Waals surface area contributed by atoms with E-state index in [0.29, 0.717) is 18.4 Å². The molecule has 1 aromatic heterocycles. The Morgan fingerprint density at radius 2 is 2.00 bits per heavy atom. The van der Waals surface area contributed by atoms with Crippen LogP contribution in [0.4, 0.5) is 22.0 Å². The van der Waals surface area contributed by atoms with Gasteiger partial charge in [-0.2, -0.15) is 8.78 Å². The van der Waals surface area contributed by atoms with E-state index in [1.807, 2.05) is 0 Å². The summed E-state index contributed by atoms with van der Waals surface area (Å²) < 4.78 is 71.4. The van der Waals surface area contributed by atoms with Gasteiger partial charge in [-0.1, -0.05) is 6.07 Å². The largest absolute Gasteiger partial charge is 0.433 e. The number of hydrogen-bond acceptors (Lipinski definition) is 5. The Morgan fingerprint density at radius 3 is 2.61 bits per heavy atom. The van der Waals surface area contributed by atoms with Crippen molar-refractivity contribution in [3.8, 4) is 5.75 Å². The lowest BCUT2D eigenvalue weighted by molar-refractivity contribution is -0.0501. The van der Waals surface area contributed by atoms with E-state index in [4.69, 9.17) is 5.73 Å². The number of pyridine rings is 1. The van der Waals surface area contributed by atoms with Crippen LogP contribution in [0.5, 0.6) is 5.75 Å². The number of aromatic nitrogens is 1. The van der Waals surface area contributed by atoms with Crippen molar-refractivity contribution in [2.45, 2.75) is 51.2 Å². The number of benzene rings is 1. The van der Waals surface area contributed by atoms with Crippen molar-refractivity contribution in [1.82, 2.24) is 4.98 Å². The Morgan fingerprint density at radius 1 is 1.26 bits per heavy atom.